The lowest BCUT2D eigenvalue weighted by Gasteiger charge is -2.40. The molecule has 1 atom stereocenters. The molecule has 0 bridgehead atoms. The molecule has 3 rings (SSSR count). The second kappa shape index (κ2) is 4.26. The molecule has 1 aromatic carbocycles. The number of carbonyl (C=O) groups is 1. The first-order chi connectivity index (χ1) is 9.11. The summed E-state index contributed by atoms with van der Waals surface area (Å²) < 4.78 is 5.70. The van der Waals surface area contributed by atoms with E-state index in [1.807, 2.05) is 24.3 Å². The van der Waals surface area contributed by atoms with Gasteiger partial charge in [0.2, 0.25) is 0 Å². The van der Waals surface area contributed by atoms with Crippen molar-refractivity contribution in [3.05, 3.63) is 24.3 Å². The minimum Gasteiger partial charge on any atom is -0.480 e. The molecular formula is C14H16N2O3. The van der Waals surface area contributed by atoms with E-state index < -0.39 is 11.5 Å². The van der Waals surface area contributed by atoms with Crippen molar-refractivity contribution in [2.24, 2.45) is 0 Å². The Morgan fingerprint density at radius 3 is 2.95 bits per heavy atom. The van der Waals surface area contributed by atoms with E-state index in [1.54, 1.807) is 11.8 Å². The van der Waals surface area contributed by atoms with E-state index in [0.717, 1.165) is 18.4 Å². The molecule has 2 aromatic rings. The fraction of sp³-hybridized carbons (Fsp3) is 0.429. The Bertz CT molecular complexity index is 589. The summed E-state index contributed by atoms with van der Waals surface area (Å²) in [5.74, 6) is -0.825. The number of rotatable bonds is 2. The number of fused-ring (bicyclic) bond motifs is 1. The molecule has 0 saturated carbocycles. The van der Waals surface area contributed by atoms with Gasteiger partial charge >= 0.3 is 5.97 Å². The summed E-state index contributed by atoms with van der Waals surface area (Å²) in [7, 11) is 0. The highest BCUT2D eigenvalue weighted by Gasteiger charge is 2.43. The highest BCUT2D eigenvalue weighted by molar-refractivity contribution is 5.83. The monoisotopic (exact) mass is 260 g/mol. The maximum atomic E-state index is 11.6. The molecule has 1 aliphatic rings. The molecular weight excluding hydrogens is 244 g/mol. The molecule has 100 valence electrons. The lowest BCUT2D eigenvalue weighted by molar-refractivity contribution is -0.143. The number of oxazole rings is 1. The lowest BCUT2D eigenvalue weighted by Crippen LogP contribution is -2.55. The topological polar surface area (TPSA) is 66.6 Å². The van der Waals surface area contributed by atoms with Gasteiger partial charge < -0.3 is 14.4 Å². The zero-order chi connectivity index (χ0) is 13.5. The number of anilines is 1. The van der Waals surface area contributed by atoms with Crippen LogP contribution < -0.4 is 4.90 Å². The average Bonchev–Trinajstić information content (AvgIpc) is 2.82. The summed E-state index contributed by atoms with van der Waals surface area (Å²) in [4.78, 5) is 17.8. The van der Waals surface area contributed by atoms with Crippen molar-refractivity contribution in [3.63, 3.8) is 0 Å². The van der Waals surface area contributed by atoms with Gasteiger partial charge in [-0.05, 0) is 38.3 Å². The predicted octanol–water partition coefficient (Wildman–Crippen LogP) is 2.66. The van der Waals surface area contributed by atoms with E-state index in [0.29, 0.717) is 24.6 Å². The second-order valence-electron chi connectivity index (χ2n) is 5.15. The van der Waals surface area contributed by atoms with E-state index in [4.69, 9.17) is 4.42 Å². The number of para-hydroxylation sites is 2. The molecule has 0 amide bonds. The van der Waals surface area contributed by atoms with Gasteiger partial charge in [0, 0.05) is 6.54 Å². The Hall–Kier alpha value is -2.04. The third kappa shape index (κ3) is 1.85. The van der Waals surface area contributed by atoms with Crippen molar-refractivity contribution in [2.75, 3.05) is 11.4 Å². The molecule has 0 aliphatic carbocycles. The van der Waals surface area contributed by atoms with Gasteiger partial charge in [-0.1, -0.05) is 12.1 Å². The summed E-state index contributed by atoms with van der Waals surface area (Å²) in [6.07, 6.45) is 2.49. The Kier molecular flexibility index (Phi) is 2.69. The highest BCUT2D eigenvalue weighted by Crippen LogP contribution is 2.34. The maximum absolute atomic E-state index is 11.6. The first kappa shape index (κ1) is 12.0. The van der Waals surface area contributed by atoms with Crippen LogP contribution in [-0.4, -0.2) is 28.1 Å². The number of hydrogen-bond donors (Lipinski definition) is 1. The molecule has 1 N–H and O–H groups in total. The van der Waals surface area contributed by atoms with Gasteiger partial charge in [-0.2, -0.15) is 4.98 Å². The Morgan fingerprint density at radius 2 is 2.21 bits per heavy atom. The van der Waals surface area contributed by atoms with Crippen LogP contribution in [0.3, 0.4) is 0 Å². The molecule has 0 radical (unpaired) electrons. The van der Waals surface area contributed by atoms with Crippen molar-refractivity contribution >= 4 is 23.1 Å². The maximum Gasteiger partial charge on any atom is 0.329 e. The first-order valence-corrected chi connectivity index (χ1v) is 6.48. The number of carboxylic acids is 1. The zero-order valence-corrected chi connectivity index (χ0v) is 10.8. The zero-order valence-electron chi connectivity index (χ0n) is 10.8. The fourth-order valence-electron chi connectivity index (χ4n) is 2.63. The summed E-state index contributed by atoms with van der Waals surface area (Å²) in [5.41, 5.74) is 0.519. The minimum atomic E-state index is -0.931. The van der Waals surface area contributed by atoms with E-state index in [-0.39, 0.29) is 0 Å². The van der Waals surface area contributed by atoms with Crippen LogP contribution in [0.1, 0.15) is 26.2 Å². The van der Waals surface area contributed by atoms with Gasteiger partial charge in [-0.3, -0.25) is 0 Å². The third-order valence-corrected chi connectivity index (χ3v) is 3.87. The largest absolute Gasteiger partial charge is 0.480 e. The highest BCUT2D eigenvalue weighted by atomic mass is 16.4. The third-order valence-electron chi connectivity index (χ3n) is 3.87. The van der Waals surface area contributed by atoms with Crippen LogP contribution in [0.25, 0.3) is 11.1 Å². The van der Waals surface area contributed by atoms with E-state index in [2.05, 4.69) is 4.98 Å². The van der Waals surface area contributed by atoms with Crippen molar-refractivity contribution in [3.8, 4) is 0 Å². The van der Waals surface area contributed by atoms with Crippen LogP contribution in [0.15, 0.2) is 28.7 Å². The van der Waals surface area contributed by atoms with Gasteiger partial charge in [0.25, 0.3) is 6.01 Å². The van der Waals surface area contributed by atoms with Gasteiger partial charge in [-0.25, -0.2) is 4.79 Å². The molecule has 1 unspecified atom stereocenters. The summed E-state index contributed by atoms with van der Waals surface area (Å²) in [6, 6.07) is 7.88. The van der Waals surface area contributed by atoms with Crippen LogP contribution >= 0.6 is 0 Å². The van der Waals surface area contributed by atoms with Crippen molar-refractivity contribution in [1.82, 2.24) is 4.98 Å². The molecule has 1 aromatic heterocycles. The van der Waals surface area contributed by atoms with E-state index >= 15 is 0 Å². The molecule has 5 heteroatoms. The Morgan fingerprint density at radius 1 is 1.42 bits per heavy atom. The average molecular weight is 260 g/mol. The summed E-state index contributed by atoms with van der Waals surface area (Å²) >= 11 is 0. The number of hydrogen-bond acceptors (Lipinski definition) is 4. The van der Waals surface area contributed by atoms with Crippen LogP contribution in [0, 0.1) is 0 Å². The second-order valence-corrected chi connectivity index (χ2v) is 5.15. The smallest absolute Gasteiger partial charge is 0.329 e. The number of aliphatic carboxylic acids is 1. The van der Waals surface area contributed by atoms with Gasteiger partial charge in [0.15, 0.2) is 5.58 Å². The number of nitrogens with zero attached hydrogens (tertiary/aromatic N) is 2. The number of aromatic nitrogens is 1. The molecule has 2 heterocycles. The van der Waals surface area contributed by atoms with Gasteiger partial charge in [-0.15, -0.1) is 0 Å². The quantitative estimate of drug-likeness (QED) is 0.899. The number of piperidine rings is 1. The molecule has 1 fully saturated rings. The van der Waals surface area contributed by atoms with Crippen molar-refractivity contribution in [2.45, 2.75) is 31.7 Å². The SMILES string of the molecule is CC1(C(=O)O)CCCCN1c1nc2ccccc2o1. The number of carboxylic acid groups (broad SMARTS) is 1. The molecule has 1 saturated heterocycles. The number of benzene rings is 1. The van der Waals surface area contributed by atoms with Crippen LogP contribution in [-0.2, 0) is 4.79 Å². The fourth-order valence-corrected chi connectivity index (χ4v) is 2.63. The molecule has 19 heavy (non-hydrogen) atoms. The molecule has 0 spiro atoms. The normalized spacial score (nSPS) is 23.7. The van der Waals surface area contributed by atoms with Crippen LogP contribution in [0.2, 0.25) is 0 Å². The lowest BCUT2D eigenvalue weighted by atomic mass is 9.89. The van der Waals surface area contributed by atoms with Crippen LogP contribution in [0.5, 0.6) is 0 Å². The Labute approximate surface area is 110 Å². The summed E-state index contributed by atoms with van der Waals surface area (Å²) in [6.45, 7) is 2.40. The standard InChI is InChI=1S/C14H16N2O3/c1-14(12(17)18)8-4-5-9-16(14)13-15-10-6-2-3-7-11(10)19-13/h2-3,6-7H,4-5,8-9H2,1H3,(H,17,18). The van der Waals surface area contributed by atoms with E-state index in [1.165, 1.54) is 0 Å². The minimum absolute atomic E-state index is 0.408. The first-order valence-electron chi connectivity index (χ1n) is 6.48. The van der Waals surface area contributed by atoms with Crippen LogP contribution in [0.4, 0.5) is 6.01 Å². The van der Waals surface area contributed by atoms with Crippen molar-refractivity contribution in [1.29, 1.82) is 0 Å². The van der Waals surface area contributed by atoms with Gasteiger partial charge in [0.05, 0.1) is 0 Å². The van der Waals surface area contributed by atoms with Crippen molar-refractivity contribution < 1.29 is 14.3 Å². The van der Waals surface area contributed by atoms with Gasteiger partial charge in [0.1, 0.15) is 11.1 Å². The summed E-state index contributed by atoms with van der Waals surface area (Å²) in [5, 5.41) is 9.49. The van der Waals surface area contributed by atoms with E-state index in [9.17, 15) is 9.90 Å². The predicted molar refractivity (Wildman–Crippen MR) is 71.2 cm³/mol. The molecule has 1 aliphatic heterocycles. The molecule has 5 nitrogen and oxygen atoms in total. The Balaban J connectivity index is 2.05.